The zero-order valence-corrected chi connectivity index (χ0v) is 15.7. The summed E-state index contributed by atoms with van der Waals surface area (Å²) in [5.74, 6) is 1.75. The molecule has 3 rings (SSSR count). The van der Waals surface area contributed by atoms with Gasteiger partial charge >= 0.3 is 0 Å². The molecule has 5 nitrogen and oxygen atoms in total. The topological polar surface area (TPSA) is 50.8 Å². The highest BCUT2D eigenvalue weighted by molar-refractivity contribution is 5.85. The number of amides is 1. The van der Waals surface area contributed by atoms with E-state index in [9.17, 15) is 4.79 Å². The summed E-state index contributed by atoms with van der Waals surface area (Å²) >= 11 is 0. The molecule has 0 saturated carbocycles. The number of para-hydroxylation sites is 1. The first-order chi connectivity index (χ1) is 11.8. The fourth-order valence-corrected chi connectivity index (χ4v) is 3.73. The van der Waals surface area contributed by atoms with Crippen LogP contribution in [0.3, 0.4) is 0 Å². The molecule has 2 aliphatic heterocycles. The predicted molar refractivity (Wildman–Crippen MR) is 100 cm³/mol. The van der Waals surface area contributed by atoms with Crippen LogP contribution in [0.1, 0.15) is 37.3 Å². The van der Waals surface area contributed by atoms with Crippen LogP contribution in [0.4, 0.5) is 0 Å². The fourth-order valence-electron chi connectivity index (χ4n) is 3.73. The Labute approximate surface area is 156 Å². The van der Waals surface area contributed by atoms with Crippen molar-refractivity contribution in [1.82, 2.24) is 10.2 Å². The van der Waals surface area contributed by atoms with E-state index in [-0.39, 0.29) is 24.4 Å². The van der Waals surface area contributed by atoms with Crippen molar-refractivity contribution in [2.75, 3.05) is 40.0 Å². The lowest BCUT2D eigenvalue weighted by Gasteiger charge is -2.37. The van der Waals surface area contributed by atoms with Crippen LogP contribution in [0.2, 0.25) is 0 Å². The van der Waals surface area contributed by atoms with E-state index in [1.54, 1.807) is 7.11 Å². The molecule has 0 bridgehead atoms. The number of halogens is 1. The molecule has 140 valence electrons. The van der Waals surface area contributed by atoms with E-state index in [0.29, 0.717) is 12.3 Å². The average molecular weight is 369 g/mol. The van der Waals surface area contributed by atoms with Gasteiger partial charge in [0, 0.05) is 44.8 Å². The van der Waals surface area contributed by atoms with Crippen LogP contribution in [0, 0.1) is 5.92 Å². The van der Waals surface area contributed by atoms with Crippen LogP contribution in [0.15, 0.2) is 24.3 Å². The molecule has 0 radical (unpaired) electrons. The normalized spacial score (nSPS) is 21.5. The van der Waals surface area contributed by atoms with E-state index in [2.05, 4.69) is 11.4 Å². The van der Waals surface area contributed by atoms with Gasteiger partial charge in [0.15, 0.2) is 0 Å². The molecule has 1 aromatic rings. The SMILES string of the molecule is COc1ccccc1C1CNCCN1C(=O)CCC1CCOCC1.Cl. The number of benzene rings is 1. The molecule has 1 atom stereocenters. The van der Waals surface area contributed by atoms with Gasteiger partial charge in [-0.25, -0.2) is 0 Å². The lowest BCUT2D eigenvalue weighted by molar-refractivity contribution is -0.135. The summed E-state index contributed by atoms with van der Waals surface area (Å²) in [6.07, 6.45) is 3.79. The van der Waals surface area contributed by atoms with Crippen molar-refractivity contribution >= 4 is 18.3 Å². The first-order valence-electron chi connectivity index (χ1n) is 9.00. The van der Waals surface area contributed by atoms with Crippen LogP contribution >= 0.6 is 12.4 Å². The minimum Gasteiger partial charge on any atom is -0.496 e. The molecule has 2 fully saturated rings. The number of carbonyl (C=O) groups excluding carboxylic acids is 1. The molecule has 0 spiro atoms. The molecule has 2 aliphatic rings. The Morgan fingerprint density at radius 1 is 1.32 bits per heavy atom. The summed E-state index contributed by atoms with van der Waals surface area (Å²) in [5, 5.41) is 3.41. The third-order valence-corrected chi connectivity index (χ3v) is 5.17. The minimum atomic E-state index is 0. The predicted octanol–water partition coefficient (Wildman–Crippen LogP) is 2.80. The molecule has 1 N–H and O–H groups in total. The van der Waals surface area contributed by atoms with Crippen molar-refractivity contribution in [3.8, 4) is 5.75 Å². The number of ether oxygens (including phenoxy) is 2. The van der Waals surface area contributed by atoms with Crippen molar-refractivity contribution in [2.24, 2.45) is 5.92 Å². The summed E-state index contributed by atoms with van der Waals surface area (Å²) < 4.78 is 10.9. The summed E-state index contributed by atoms with van der Waals surface area (Å²) in [6.45, 7) is 4.08. The Morgan fingerprint density at radius 2 is 2.08 bits per heavy atom. The van der Waals surface area contributed by atoms with Gasteiger partial charge in [0.25, 0.3) is 0 Å². The maximum Gasteiger partial charge on any atom is 0.223 e. The van der Waals surface area contributed by atoms with Crippen LogP contribution in [0.25, 0.3) is 0 Å². The second-order valence-electron chi connectivity index (χ2n) is 6.64. The number of rotatable bonds is 5. The van der Waals surface area contributed by atoms with Crippen LogP contribution in [-0.2, 0) is 9.53 Å². The number of carbonyl (C=O) groups is 1. The average Bonchev–Trinajstić information content (AvgIpc) is 2.67. The monoisotopic (exact) mass is 368 g/mol. The Hall–Kier alpha value is -1.30. The number of nitrogens with zero attached hydrogens (tertiary/aromatic N) is 1. The first-order valence-corrected chi connectivity index (χ1v) is 9.00. The molecule has 0 aromatic heterocycles. The van der Waals surface area contributed by atoms with Gasteiger partial charge in [0.2, 0.25) is 5.91 Å². The summed E-state index contributed by atoms with van der Waals surface area (Å²) in [4.78, 5) is 14.9. The Bertz CT molecular complexity index is 549. The fraction of sp³-hybridized carbons (Fsp3) is 0.632. The molecule has 2 heterocycles. The van der Waals surface area contributed by atoms with E-state index in [1.807, 2.05) is 23.1 Å². The Morgan fingerprint density at radius 3 is 2.84 bits per heavy atom. The third-order valence-electron chi connectivity index (χ3n) is 5.17. The van der Waals surface area contributed by atoms with Crippen molar-refractivity contribution < 1.29 is 14.3 Å². The highest BCUT2D eigenvalue weighted by Crippen LogP contribution is 2.31. The molecule has 1 aromatic carbocycles. The first kappa shape index (κ1) is 20.0. The largest absolute Gasteiger partial charge is 0.496 e. The van der Waals surface area contributed by atoms with Crippen molar-refractivity contribution in [2.45, 2.75) is 31.7 Å². The highest BCUT2D eigenvalue weighted by Gasteiger charge is 2.30. The Balaban J connectivity index is 0.00000225. The smallest absolute Gasteiger partial charge is 0.223 e. The standard InChI is InChI=1S/C19H28N2O3.ClH/c1-23-18-5-3-2-4-16(18)17-14-20-10-11-21(17)19(22)7-6-15-8-12-24-13-9-15;/h2-5,15,17,20H,6-14H2,1H3;1H. The Kier molecular flexibility index (Phi) is 8.00. The minimum absolute atomic E-state index is 0. The number of hydrogen-bond donors (Lipinski definition) is 1. The van der Waals surface area contributed by atoms with Crippen molar-refractivity contribution in [3.05, 3.63) is 29.8 Å². The van der Waals surface area contributed by atoms with E-state index >= 15 is 0 Å². The number of nitrogens with one attached hydrogen (secondary N) is 1. The molecule has 0 aliphatic carbocycles. The van der Waals surface area contributed by atoms with Crippen LogP contribution in [0.5, 0.6) is 5.75 Å². The van der Waals surface area contributed by atoms with E-state index in [4.69, 9.17) is 9.47 Å². The van der Waals surface area contributed by atoms with Gasteiger partial charge < -0.3 is 19.7 Å². The third kappa shape index (κ3) is 5.09. The van der Waals surface area contributed by atoms with Gasteiger partial charge in [-0.15, -0.1) is 12.4 Å². The van der Waals surface area contributed by atoms with Crippen LogP contribution in [-0.4, -0.2) is 50.8 Å². The molecular formula is C19H29ClN2O3. The van der Waals surface area contributed by atoms with Crippen molar-refractivity contribution in [3.63, 3.8) is 0 Å². The van der Waals surface area contributed by atoms with E-state index in [1.165, 1.54) is 0 Å². The zero-order chi connectivity index (χ0) is 16.8. The van der Waals surface area contributed by atoms with Crippen LogP contribution < -0.4 is 10.1 Å². The lowest BCUT2D eigenvalue weighted by atomic mass is 9.94. The maximum atomic E-state index is 12.9. The zero-order valence-electron chi connectivity index (χ0n) is 14.9. The van der Waals surface area contributed by atoms with E-state index in [0.717, 1.165) is 63.4 Å². The molecule has 6 heteroatoms. The molecular weight excluding hydrogens is 340 g/mol. The second kappa shape index (κ2) is 10.00. The summed E-state index contributed by atoms with van der Waals surface area (Å²) in [7, 11) is 1.69. The second-order valence-corrected chi connectivity index (χ2v) is 6.64. The van der Waals surface area contributed by atoms with Gasteiger partial charge in [-0.05, 0) is 31.2 Å². The molecule has 25 heavy (non-hydrogen) atoms. The summed E-state index contributed by atoms with van der Waals surface area (Å²) in [5.41, 5.74) is 1.09. The lowest BCUT2D eigenvalue weighted by Crippen LogP contribution is -2.48. The number of piperazine rings is 1. The molecule has 1 amide bonds. The van der Waals surface area contributed by atoms with Gasteiger partial charge in [0.05, 0.1) is 13.2 Å². The molecule has 2 saturated heterocycles. The van der Waals surface area contributed by atoms with Gasteiger partial charge in [-0.1, -0.05) is 18.2 Å². The quantitative estimate of drug-likeness (QED) is 0.868. The summed E-state index contributed by atoms with van der Waals surface area (Å²) in [6, 6.07) is 8.06. The maximum absolute atomic E-state index is 12.9. The van der Waals surface area contributed by atoms with Gasteiger partial charge in [-0.3, -0.25) is 4.79 Å². The van der Waals surface area contributed by atoms with Crippen molar-refractivity contribution in [1.29, 1.82) is 0 Å². The van der Waals surface area contributed by atoms with E-state index < -0.39 is 0 Å². The van der Waals surface area contributed by atoms with Gasteiger partial charge in [-0.2, -0.15) is 0 Å². The number of methoxy groups -OCH3 is 1. The van der Waals surface area contributed by atoms with Gasteiger partial charge in [0.1, 0.15) is 5.75 Å². The highest BCUT2D eigenvalue weighted by atomic mass is 35.5. The molecule has 1 unspecified atom stereocenters. The number of hydrogen-bond acceptors (Lipinski definition) is 4.